The van der Waals surface area contributed by atoms with Gasteiger partial charge in [-0.2, -0.15) is 0 Å². The molecule has 4 heteroatoms. The Labute approximate surface area is 101 Å². The third-order valence-corrected chi connectivity index (χ3v) is 3.31. The van der Waals surface area contributed by atoms with Crippen LogP contribution in [0.2, 0.25) is 5.02 Å². The molecular weight excluding hydrogens is 229 g/mol. The quantitative estimate of drug-likeness (QED) is 0.885. The van der Waals surface area contributed by atoms with Crippen LogP contribution in [-0.2, 0) is 11.2 Å². The Balaban J connectivity index is 2.85. The molecule has 0 aromatic heterocycles. The maximum atomic E-state index is 13.2. The van der Waals surface area contributed by atoms with Crippen LogP contribution in [0, 0.1) is 5.82 Å². The third kappa shape index (κ3) is 2.94. The first-order chi connectivity index (χ1) is 7.38. The van der Waals surface area contributed by atoms with Crippen molar-refractivity contribution < 1.29 is 9.13 Å². The van der Waals surface area contributed by atoms with Gasteiger partial charge in [-0.15, -0.1) is 0 Å². The van der Waals surface area contributed by atoms with E-state index in [1.165, 1.54) is 6.07 Å². The van der Waals surface area contributed by atoms with Gasteiger partial charge in [0.2, 0.25) is 0 Å². The highest BCUT2D eigenvalue weighted by atomic mass is 35.5. The zero-order chi connectivity index (χ0) is 12.3. The number of halogens is 2. The number of rotatable bonds is 4. The minimum Gasteiger partial charge on any atom is -0.377 e. The summed E-state index contributed by atoms with van der Waals surface area (Å²) in [6.45, 7) is 3.79. The van der Waals surface area contributed by atoms with Gasteiger partial charge in [-0.1, -0.05) is 23.7 Å². The normalized spacial score (nSPS) is 13.9. The van der Waals surface area contributed by atoms with E-state index in [0.717, 1.165) is 0 Å². The summed E-state index contributed by atoms with van der Waals surface area (Å²) < 4.78 is 18.5. The van der Waals surface area contributed by atoms with Crippen LogP contribution in [-0.4, -0.2) is 18.8 Å². The second-order valence-electron chi connectivity index (χ2n) is 4.33. The van der Waals surface area contributed by atoms with Gasteiger partial charge in [-0.3, -0.25) is 0 Å². The number of ether oxygens (including phenoxy) is 1. The monoisotopic (exact) mass is 245 g/mol. The number of methoxy groups -OCH3 is 1. The van der Waals surface area contributed by atoms with Gasteiger partial charge in [-0.05, 0) is 31.9 Å². The lowest BCUT2D eigenvalue weighted by Crippen LogP contribution is -2.46. The molecule has 0 amide bonds. The average Bonchev–Trinajstić information content (AvgIpc) is 2.24. The van der Waals surface area contributed by atoms with Crippen molar-refractivity contribution in [3.05, 3.63) is 34.6 Å². The molecule has 90 valence electrons. The van der Waals surface area contributed by atoms with Crippen molar-refractivity contribution >= 4 is 11.6 Å². The molecule has 16 heavy (non-hydrogen) atoms. The molecule has 1 rings (SSSR count). The maximum absolute atomic E-state index is 13.2. The average molecular weight is 246 g/mol. The number of nitrogens with two attached hydrogens (primary N) is 1. The van der Waals surface area contributed by atoms with Crippen molar-refractivity contribution in [2.24, 2.45) is 5.73 Å². The van der Waals surface area contributed by atoms with Crippen LogP contribution >= 0.6 is 11.6 Å². The number of hydrogen-bond donors (Lipinski definition) is 1. The highest BCUT2D eigenvalue weighted by Gasteiger charge is 2.26. The van der Waals surface area contributed by atoms with Crippen LogP contribution in [0.3, 0.4) is 0 Å². The molecule has 0 aliphatic heterocycles. The highest BCUT2D eigenvalue weighted by molar-refractivity contribution is 6.31. The number of benzene rings is 1. The van der Waals surface area contributed by atoms with E-state index < -0.39 is 11.4 Å². The second-order valence-corrected chi connectivity index (χ2v) is 4.71. The largest absolute Gasteiger partial charge is 0.377 e. The molecule has 2 nitrogen and oxygen atoms in total. The molecule has 0 spiro atoms. The smallest absolute Gasteiger partial charge is 0.142 e. The molecule has 2 N–H and O–H groups in total. The van der Waals surface area contributed by atoms with Crippen LogP contribution < -0.4 is 5.73 Å². The minimum absolute atomic E-state index is 0.143. The maximum Gasteiger partial charge on any atom is 0.142 e. The molecule has 1 aromatic carbocycles. The Kier molecular flexibility index (Phi) is 4.30. The fourth-order valence-corrected chi connectivity index (χ4v) is 1.54. The van der Waals surface area contributed by atoms with Gasteiger partial charge in [0.1, 0.15) is 5.82 Å². The van der Waals surface area contributed by atoms with E-state index in [4.69, 9.17) is 22.1 Å². The molecular formula is C12H17ClFNO. The summed E-state index contributed by atoms with van der Waals surface area (Å²) in [5, 5.41) is 0.143. The Hall–Kier alpha value is -0.640. The first-order valence-electron chi connectivity index (χ1n) is 5.12. The Morgan fingerprint density at radius 1 is 1.50 bits per heavy atom. The molecule has 0 bridgehead atoms. The topological polar surface area (TPSA) is 35.2 Å². The summed E-state index contributed by atoms with van der Waals surface area (Å²) in [4.78, 5) is 0. The molecule has 0 saturated carbocycles. The van der Waals surface area contributed by atoms with Crippen LogP contribution in [0.15, 0.2) is 18.2 Å². The van der Waals surface area contributed by atoms with Gasteiger partial charge in [0.05, 0.1) is 10.6 Å². The van der Waals surface area contributed by atoms with Gasteiger partial charge in [0.25, 0.3) is 0 Å². The predicted molar refractivity (Wildman–Crippen MR) is 64.2 cm³/mol. The van der Waals surface area contributed by atoms with E-state index in [2.05, 4.69) is 0 Å². The Morgan fingerprint density at radius 3 is 2.69 bits per heavy atom. The zero-order valence-corrected chi connectivity index (χ0v) is 10.5. The predicted octanol–water partition coefficient (Wildman–Crippen LogP) is 2.77. The van der Waals surface area contributed by atoms with Gasteiger partial charge >= 0.3 is 0 Å². The van der Waals surface area contributed by atoms with Crippen molar-refractivity contribution in [3.8, 4) is 0 Å². The molecule has 0 aliphatic carbocycles. The summed E-state index contributed by atoms with van der Waals surface area (Å²) in [7, 11) is 1.60. The standard InChI is InChI=1S/C12H17ClFNO/c1-12(2,16-3)10(15)7-8-5-4-6-9(14)11(8)13/h4-6,10H,7,15H2,1-3H3. The molecule has 0 saturated heterocycles. The van der Waals surface area contributed by atoms with Gasteiger partial charge < -0.3 is 10.5 Å². The molecule has 0 radical (unpaired) electrons. The minimum atomic E-state index is -0.463. The van der Waals surface area contributed by atoms with E-state index in [0.29, 0.717) is 12.0 Å². The van der Waals surface area contributed by atoms with Crippen molar-refractivity contribution in [2.75, 3.05) is 7.11 Å². The highest BCUT2D eigenvalue weighted by Crippen LogP contribution is 2.23. The van der Waals surface area contributed by atoms with E-state index >= 15 is 0 Å². The molecule has 1 atom stereocenters. The summed E-state index contributed by atoms with van der Waals surface area (Å²) in [6.07, 6.45) is 0.484. The fraction of sp³-hybridized carbons (Fsp3) is 0.500. The molecule has 1 aromatic rings. The summed E-state index contributed by atoms with van der Waals surface area (Å²) in [5.41, 5.74) is 6.25. The van der Waals surface area contributed by atoms with Crippen LogP contribution in [0.1, 0.15) is 19.4 Å². The van der Waals surface area contributed by atoms with Gasteiger partial charge in [-0.25, -0.2) is 4.39 Å². The zero-order valence-electron chi connectivity index (χ0n) is 9.76. The number of hydrogen-bond acceptors (Lipinski definition) is 2. The van der Waals surface area contributed by atoms with Crippen molar-refractivity contribution in [3.63, 3.8) is 0 Å². The first-order valence-corrected chi connectivity index (χ1v) is 5.50. The lowest BCUT2D eigenvalue weighted by Gasteiger charge is -2.30. The van der Waals surface area contributed by atoms with Gasteiger partial charge in [0.15, 0.2) is 0 Å². The molecule has 0 aliphatic rings. The van der Waals surface area contributed by atoms with Gasteiger partial charge in [0, 0.05) is 13.2 Å². The fourth-order valence-electron chi connectivity index (χ4n) is 1.34. The van der Waals surface area contributed by atoms with E-state index in [1.807, 2.05) is 13.8 Å². The van der Waals surface area contributed by atoms with Crippen LogP contribution in [0.25, 0.3) is 0 Å². The second kappa shape index (κ2) is 5.13. The van der Waals surface area contributed by atoms with E-state index in [9.17, 15) is 4.39 Å². The van der Waals surface area contributed by atoms with Crippen LogP contribution in [0.4, 0.5) is 4.39 Å². The summed E-state index contributed by atoms with van der Waals surface area (Å²) >= 11 is 5.86. The van der Waals surface area contributed by atoms with E-state index in [-0.39, 0.29) is 11.1 Å². The van der Waals surface area contributed by atoms with E-state index in [1.54, 1.807) is 19.2 Å². The van der Waals surface area contributed by atoms with Crippen molar-refractivity contribution in [1.82, 2.24) is 0 Å². The first kappa shape index (κ1) is 13.4. The third-order valence-electron chi connectivity index (χ3n) is 2.89. The lowest BCUT2D eigenvalue weighted by molar-refractivity contribution is 0.000797. The summed E-state index contributed by atoms with van der Waals surface area (Å²) in [6, 6.07) is 4.50. The van der Waals surface area contributed by atoms with Crippen LogP contribution in [0.5, 0.6) is 0 Å². The summed E-state index contributed by atoms with van der Waals surface area (Å²) in [5.74, 6) is -0.415. The molecule has 1 unspecified atom stereocenters. The Morgan fingerprint density at radius 2 is 2.12 bits per heavy atom. The van der Waals surface area contributed by atoms with Crippen molar-refractivity contribution in [2.45, 2.75) is 31.9 Å². The lowest BCUT2D eigenvalue weighted by atomic mass is 9.93. The molecule has 0 heterocycles. The molecule has 0 fully saturated rings. The SMILES string of the molecule is COC(C)(C)C(N)Cc1cccc(F)c1Cl. The van der Waals surface area contributed by atoms with Crippen molar-refractivity contribution in [1.29, 1.82) is 0 Å². The Bertz CT molecular complexity index is 368.